The Kier molecular flexibility index (Phi) is 2.45. The Morgan fingerprint density at radius 3 is 2.71 bits per heavy atom. The number of fused-ring (bicyclic) bond motifs is 1. The summed E-state index contributed by atoms with van der Waals surface area (Å²) in [6.07, 6.45) is 2.11. The zero-order valence-electron chi connectivity index (χ0n) is 10.1. The third-order valence-corrected chi connectivity index (χ3v) is 4.00. The number of hydrogen-bond acceptors (Lipinski definition) is 2. The highest BCUT2D eigenvalue weighted by atomic mass is 14.8. The van der Waals surface area contributed by atoms with Crippen LogP contribution in [0.15, 0.2) is 24.3 Å². The molecule has 1 fully saturated rings. The van der Waals surface area contributed by atoms with Crippen LogP contribution >= 0.6 is 0 Å². The SMILES string of the molecule is Cc1[nH]c2ccccc2c1C(N)C1CC(N)C1. The van der Waals surface area contributed by atoms with Crippen LogP contribution in [0.1, 0.15) is 30.1 Å². The van der Waals surface area contributed by atoms with Crippen LogP contribution in [0, 0.1) is 12.8 Å². The van der Waals surface area contributed by atoms with E-state index in [1.807, 2.05) is 6.07 Å². The lowest BCUT2D eigenvalue weighted by Gasteiger charge is -2.37. The monoisotopic (exact) mass is 229 g/mol. The van der Waals surface area contributed by atoms with Gasteiger partial charge in [-0.05, 0) is 37.3 Å². The summed E-state index contributed by atoms with van der Waals surface area (Å²) in [6, 6.07) is 8.84. The summed E-state index contributed by atoms with van der Waals surface area (Å²) in [4.78, 5) is 3.41. The number of aromatic nitrogens is 1. The average Bonchev–Trinajstić information content (AvgIpc) is 2.60. The summed E-state index contributed by atoms with van der Waals surface area (Å²) in [5, 5.41) is 1.26. The number of benzene rings is 1. The minimum atomic E-state index is 0.117. The fourth-order valence-corrected chi connectivity index (χ4v) is 2.97. The quantitative estimate of drug-likeness (QED) is 0.739. The molecule has 1 aromatic heterocycles. The van der Waals surface area contributed by atoms with Gasteiger partial charge in [0.25, 0.3) is 0 Å². The van der Waals surface area contributed by atoms with Crippen molar-refractivity contribution in [3.8, 4) is 0 Å². The first-order valence-electron chi connectivity index (χ1n) is 6.25. The molecule has 1 atom stereocenters. The van der Waals surface area contributed by atoms with Gasteiger partial charge in [0.2, 0.25) is 0 Å². The van der Waals surface area contributed by atoms with Crippen LogP contribution in [0.2, 0.25) is 0 Å². The molecule has 0 aliphatic heterocycles. The summed E-state index contributed by atoms with van der Waals surface area (Å²) < 4.78 is 0. The zero-order valence-corrected chi connectivity index (χ0v) is 10.1. The largest absolute Gasteiger partial charge is 0.358 e. The fraction of sp³-hybridized carbons (Fsp3) is 0.429. The molecule has 5 N–H and O–H groups in total. The molecule has 1 heterocycles. The van der Waals surface area contributed by atoms with Gasteiger partial charge in [0.05, 0.1) is 0 Å². The van der Waals surface area contributed by atoms with E-state index >= 15 is 0 Å². The molecule has 3 heteroatoms. The maximum absolute atomic E-state index is 6.40. The van der Waals surface area contributed by atoms with Gasteiger partial charge >= 0.3 is 0 Å². The summed E-state index contributed by atoms with van der Waals surface area (Å²) >= 11 is 0. The molecule has 0 saturated heterocycles. The van der Waals surface area contributed by atoms with Crippen LogP contribution in [0.5, 0.6) is 0 Å². The standard InChI is InChI=1S/C14H19N3/c1-8-13(14(16)9-6-10(15)7-9)11-4-2-3-5-12(11)17-8/h2-5,9-10,14,17H,6-7,15-16H2,1H3. The van der Waals surface area contributed by atoms with Crippen molar-refractivity contribution in [1.82, 2.24) is 4.98 Å². The normalized spacial score (nSPS) is 25.8. The first kappa shape index (κ1) is 10.8. The number of nitrogens with two attached hydrogens (primary N) is 2. The van der Waals surface area contributed by atoms with E-state index in [2.05, 4.69) is 30.1 Å². The molecule has 0 spiro atoms. The summed E-state index contributed by atoms with van der Waals surface area (Å²) in [6.45, 7) is 2.10. The Bertz CT molecular complexity index is 537. The second-order valence-electron chi connectivity index (χ2n) is 5.23. The predicted octanol–water partition coefficient (Wildman–Crippen LogP) is 2.21. The minimum Gasteiger partial charge on any atom is -0.358 e. The predicted molar refractivity (Wildman–Crippen MR) is 70.7 cm³/mol. The average molecular weight is 229 g/mol. The number of hydrogen-bond donors (Lipinski definition) is 3. The molecule has 1 aromatic carbocycles. The van der Waals surface area contributed by atoms with E-state index in [4.69, 9.17) is 11.5 Å². The number of aryl methyl sites for hydroxylation is 1. The van der Waals surface area contributed by atoms with Gasteiger partial charge in [-0.25, -0.2) is 0 Å². The highest BCUT2D eigenvalue weighted by Gasteiger charge is 2.33. The molecule has 0 bridgehead atoms. The number of H-pyrrole nitrogens is 1. The molecule has 90 valence electrons. The number of rotatable bonds is 2. The van der Waals surface area contributed by atoms with E-state index in [1.54, 1.807) is 0 Å². The summed E-state index contributed by atoms with van der Waals surface area (Å²) in [7, 11) is 0. The Morgan fingerprint density at radius 2 is 2.00 bits per heavy atom. The lowest BCUT2D eigenvalue weighted by Crippen LogP contribution is -2.41. The molecule has 1 saturated carbocycles. The van der Waals surface area contributed by atoms with E-state index in [0.29, 0.717) is 12.0 Å². The molecule has 0 radical (unpaired) electrons. The van der Waals surface area contributed by atoms with Crippen molar-refractivity contribution < 1.29 is 0 Å². The summed E-state index contributed by atoms with van der Waals surface area (Å²) in [5.74, 6) is 0.544. The number of nitrogens with one attached hydrogen (secondary N) is 1. The van der Waals surface area contributed by atoms with Gasteiger partial charge in [-0.1, -0.05) is 18.2 Å². The van der Waals surface area contributed by atoms with Crippen LogP contribution in [0.3, 0.4) is 0 Å². The van der Waals surface area contributed by atoms with Crippen LogP contribution in [0.25, 0.3) is 10.9 Å². The van der Waals surface area contributed by atoms with E-state index in [9.17, 15) is 0 Å². The molecule has 1 unspecified atom stereocenters. The Balaban J connectivity index is 2.01. The van der Waals surface area contributed by atoms with E-state index in [0.717, 1.165) is 12.8 Å². The van der Waals surface area contributed by atoms with Crippen molar-refractivity contribution in [1.29, 1.82) is 0 Å². The van der Waals surface area contributed by atoms with Crippen molar-refractivity contribution in [3.63, 3.8) is 0 Å². The zero-order chi connectivity index (χ0) is 12.0. The molecular weight excluding hydrogens is 210 g/mol. The fourth-order valence-electron chi connectivity index (χ4n) is 2.97. The van der Waals surface area contributed by atoms with Crippen LogP contribution in [-0.2, 0) is 0 Å². The van der Waals surface area contributed by atoms with Gasteiger partial charge in [0.15, 0.2) is 0 Å². The van der Waals surface area contributed by atoms with Gasteiger partial charge < -0.3 is 16.5 Å². The van der Waals surface area contributed by atoms with E-state index in [-0.39, 0.29) is 6.04 Å². The second-order valence-corrected chi connectivity index (χ2v) is 5.23. The van der Waals surface area contributed by atoms with Gasteiger partial charge in [0, 0.05) is 28.7 Å². The second kappa shape index (κ2) is 3.86. The van der Waals surface area contributed by atoms with Gasteiger partial charge in [-0.3, -0.25) is 0 Å². The molecule has 17 heavy (non-hydrogen) atoms. The molecule has 1 aliphatic carbocycles. The van der Waals surface area contributed by atoms with Gasteiger partial charge in [0.1, 0.15) is 0 Å². The van der Waals surface area contributed by atoms with Crippen molar-refractivity contribution >= 4 is 10.9 Å². The Labute approximate surface area is 101 Å². The molecular formula is C14H19N3. The third-order valence-electron chi connectivity index (χ3n) is 4.00. The van der Waals surface area contributed by atoms with Crippen LogP contribution in [-0.4, -0.2) is 11.0 Å². The third kappa shape index (κ3) is 1.66. The molecule has 2 aromatic rings. The molecule has 0 amide bonds. The highest BCUT2D eigenvalue weighted by Crippen LogP contribution is 2.39. The number of para-hydroxylation sites is 1. The first-order valence-corrected chi connectivity index (χ1v) is 6.25. The van der Waals surface area contributed by atoms with Gasteiger partial charge in [-0.15, -0.1) is 0 Å². The summed E-state index contributed by atoms with van der Waals surface area (Å²) in [5.41, 5.74) is 15.9. The van der Waals surface area contributed by atoms with Crippen molar-refractivity contribution in [2.45, 2.75) is 31.8 Å². The highest BCUT2D eigenvalue weighted by molar-refractivity contribution is 5.85. The van der Waals surface area contributed by atoms with Crippen molar-refractivity contribution in [3.05, 3.63) is 35.5 Å². The topological polar surface area (TPSA) is 67.8 Å². The Morgan fingerprint density at radius 1 is 1.29 bits per heavy atom. The smallest absolute Gasteiger partial charge is 0.0459 e. The van der Waals surface area contributed by atoms with E-state index in [1.165, 1.54) is 22.2 Å². The lowest BCUT2D eigenvalue weighted by atomic mass is 9.74. The first-order chi connectivity index (χ1) is 8.16. The van der Waals surface area contributed by atoms with Gasteiger partial charge in [-0.2, -0.15) is 0 Å². The van der Waals surface area contributed by atoms with Crippen LogP contribution in [0.4, 0.5) is 0 Å². The molecule has 3 nitrogen and oxygen atoms in total. The van der Waals surface area contributed by atoms with E-state index < -0.39 is 0 Å². The molecule has 3 rings (SSSR count). The number of aromatic amines is 1. The lowest BCUT2D eigenvalue weighted by molar-refractivity contribution is 0.224. The molecule has 1 aliphatic rings. The maximum atomic E-state index is 6.40. The van der Waals surface area contributed by atoms with Crippen molar-refractivity contribution in [2.75, 3.05) is 0 Å². The maximum Gasteiger partial charge on any atom is 0.0459 e. The Hall–Kier alpha value is -1.32. The van der Waals surface area contributed by atoms with Crippen molar-refractivity contribution in [2.24, 2.45) is 17.4 Å². The minimum absolute atomic E-state index is 0.117. The van der Waals surface area contributed by atoms with Crippen LogP contribution < -0.4 is 11.5 Å².